The van der Waals surface area contributed by atoms with Crippen LogP contribution in [0.1, 0.15) is 5.69 Å². The van der Waals surface area contributed by atoms with E-state index in [9.17, 15) is 9.59 Å². The number of rotatable bonds is 3. The quantitative estimate of drug-likeness (QED) is 0.709. The number of hydrogen-bond acceptors (Lipinski definition) is 3. The topological polar surface area (TPSA) is 72.2 Å². The molecule has 0 aromatic carbocycles. The standard InChI is InChI=1S/C8H8N2O3/c1-2-6-3-7(11)10(5-9-6)4-8(12)13/h2-3,5H,1,4H2,(H,12,13). The molecular formula is C8H8N2O3. The normalized spacial score (nSPS) is 9.54. The number of aliphatic carboxylic acids is 1. The molecule has 0 unspecified atom stereocenters. The molecule has 68 valence electrons. The fraction of sp³-hybridized carbons (Fsp3) is 0.125. The number of hydrogen-bond donors (Lipinski definition) is 1. The molecular weight excluding hydrogens is 172 g/mol. The summed E-state index contributed by atoms with van der Waals surface area (Å²) in [5.74, 6) is -1.07. The van der Waals surface area contributed by atoms with E-state index in [1.54, 1.807) is 0 Å². The van der Waals surface area contributed by atoms with Gasteiger partial charge in [0.1, 0.15) is 6.54 Å². The van der Waals surface area contributed by atoms with E-state index in [1.165, 1.54) is 18.5 Å². The smallest absolute Gasteiger partial charge is 0.323 e. The predicted molar refractivity (Wildman–Crippen MR) is 46.2 cm³/mol. The Bertz CT molecular complexity index is 395. The summed E-state index contributed by atoms with van der Waals surface area (Å²) in [7, 11) is 0. The second kappa shape index (κ2) is 3.66. The van der Waals surface area contributed by atoms with Crippen molar-refractivity contribution in [2.24, 2.45) is 0 Å². The molecule has 0 atom stereocenters. The van der Waals surface area contributed by atoms with E-state index in [0.29, 0.717) is 5.69 Å². The molecule has 1 rings (SSSR count). The van der Waals surface area contributed by atoms with Gasteiger partial charge in [-0.05, 0) is 6.08 Å². The molecule has 0 saturated heterocycles. The molecule has 0 spiro atoms. The average molecular weight is 180 g/mol. The second-order valence-corrected chi connectivity index (χ2v) is 2.38. The molecule has 5 nitrogen and oxygen atoms in total. The summed E-state index contributed by atoms with van der Waals surface area (Å²) in [5, 5.41) is 8.41. The van der Waals surface area contributed by atoms with Crippen molar-refractivity contribution >= 4 is 12.0 Å². The first kappa shape index (κ1) is 9.18. The zero-order valence-corrected chi connectivity index (χ0v) is 6.80. The van der Waals surface area contributed by atoms with Crippen LogP contribution < -0.4 is 5.56 Å². The van der Waals surface area contributed by atoms with Gasteiger partial charge in [0.25, 0.3) is 5.56 Å². The molecule has 0 aliphatic carbocycles. The van der Waals surface area contributed by atoms with E-state index in [0.717, 1.165) is 4.57 Å². The maximum atomic E-state index is 11.1. The molecule has 0 amide bonds. The highest BCUT2D eigenvalue weighted by Crippen LogP contribution is 1.89. The Balaban J connectivity index is 3.05. The van der Waals surface area contributed by atoms with Crippen LogP contribution in [0.5, 0.6) is 0 Å². The Hall–Kier alpha value is -1.91. The van der Waals surface area contributed by atoms with Crippen molar-refractivity contribution < 1.29 is 9.90 Å². The highest BCUT2D eigenvalue weighted by molar-refractivity contribution is 5.66. The molecule has 0 aliphatic heterocycles. The van der Waals surface area contributed by atoms with Crippen LogP contribution in [0.3, 0.4) is 0 Å². The van der Waals surface area contributed by atoms with Gasteiger partial charge in [-0.1, -0.05) is 6.58 Å². The largest absolute Gasteiger partial charge is 0.480 e. The number of carbonyl (C=O) groups is 1. The second-order valence-electron chi connectivity index (χ2n) is 2.38. The Morgan fingerprint density at radius 2 is 2.46 bits per heavy atom. The predicted octanol–water partition coefficient (Wildman–Crippen LogP) is -0.0291. The minimum Gasteiger partial charge on any atom is -0.480 e. The summed E-state index contributed by atoms with van der Waals surface area (Å²) in [4.78, 5) is 25.2. The van der Waals surface area contributed by atoms with Gasteiger partial charge in [0.05, 0.1) is 12.0 Å². The minimum atomic E-state index is -1.07. The summed E-state index contributed by atoms with van der Waals surface area (Å²) < 4.78 is 1.01. The Kier molecular flexibility index (Phi) is 2.59. The van der Waals surface area contributed by atoms with Crippen LogP contribution in [-0.2, 0) is 11.3 Å². The molecule has 1 heterocycles. The Morgan fingerprint density at radius 3 is 2.92 bits per heavy atom. The Morgan fingerprint density at radius 1 is 1.77 bits per heavy atom. The summed E-state index contributed by atoms with van der Waals surface area (Å²) in [5.41, 5.74) is 0.0407. The Labute approximate surface area is 74.0 Å². The van der Waals surface area contributed by atoms with E-state index < -0.39 is 11.5 Å². The zero-order valence-electron chi connectivity index (χ0n) is 6.80. The van der Waals surface area contributed by atoms with Crippen LogP contribution in [0, 0.1) is 0 Å². The highest BCUT2D eigenvalue weighted by atomic mass is 16.4. The lowest BCUT2D eigenvalue weighted by Gasteiger charge is -2.00. The van der Waals surface area contributed by atoms with E-state index in [2.05, 4.69) is 11.6 Å². The molecule has 0 saturated carbocycles. The minimum absolute atomic E-state index is 0.372. The van der Waals surface area contributed by atoms with Crippen molar-refractivity contribution in [2.45, 2.75) is 6.54 Å². The van der Waals surface area contributed by atoms with E-state index >= 15 is 0 Å². The fourth-order valence-electron chi connectivity index (χ4n) is 0.816. The average Bonchev–Trinajstić information content (AvgIpc) is 2.08. The van der Waals surface area contributed by atoms with Gasteiger partial charge >= 0.3 is 5.97 Å². The van der Waals surface area contributed by atoms with Gasteiger partial charge in [0.2, 0.25) is 0 Å². The molecule has 1 aromatic heterocycles. The third-order valence-electron chi connectivity index (χ3n) is 1.42. The first-order valence-electron chi connectivity index (χ1n) is 3.54. The van der Waals surface area contributed by atoms with Crippen molar-refractivity contribution in [3.8, 4) is 0 Å². The summed E-state index contributed by atoms with van der Waals surface area (Å²) in [6.07, 6.45) is 2.61. The summed E-state index contributed by atoms with van der Waals surface area (Å²) >= 11 is 0. The van der Waals surface area contributed by atoms with E-state index in [1.807, 2.05) is 0 Å². The van der Waals surface area contributed by atoms with Crippen LogP contribution in [0.2, 0.25) is 0 Å². The molecule has 13 heavy (non-hydrogen) atoms. The van der Waals surface area contributed by atoms with Crippen LogP contribution in [0.15, 0.2) is 23.8 Å². The summed E-state index contributed by atoms with van der Waals surface area (Å²) in [6.45, 7) is 3.06. The lowest BCUT2D eigenvalue weighted by atomic mass is 10.4. The molecule has 1 aromatic rings. The van der Waals surface area contributed by atoms with Crippen molar-refractivity contribution in [3.63, 3.8) is 0 Å². The van der Waals surface area contributed by atoms with Crippen molar-refractivity contribution in [1.29, 1.82) is 0 Å². The highest BCUT2D eigenvalue weighted by Gasteiger charge is 2.01. The van der Waals surface area contributed by atoms with E-state index in [4.69, 9.17) is 5.11 Å². The van der Waals surface area contributed by atoms with Crippen molar-refractivity contribution in [2.75, 3.05) is 0 Å². The van der Waals surface area contributed by atoms with Crippen LogP contribution >= 0.6 is 0 Å². The third kappa shape index (κ3) is 2.26. The maximum absolute atomic E-state index is 11.1. The maximum Gasteiger partial charge on any atom is 0.323 e. The first-order valence-corrected chi connectivity index (χ1v) is 3.54. The molecule has 0 aliphatic rings. The van der Waals surface area contributed by atoms with Crippen LogP contribution in [-0.4, -0.2) is 20.6 Å². The van der Waals surface area contributed by atoms with Crippen LogP contribution in [0.25, 0.3) is 6.08 Å². The SMILES string of the molecule is C=Cc1cc(=O)n(CC(=O)O)cn1. The lowest BCUT2D eigenvalue weighted by molar-refractivity contribution is -0.137. The number of aromatic nitrogens is 2. The van der Waals surface area contributed by atoms with Crippen molar-refractivity contribution in [1.82, 2.24) is 9.55 Å². The van der Waals surface area contributed by atoms with Crippen LogP contribution in [0.4, 0.5) is 0 Å². The van der Waals surface area contributed by atoms with Gasteiger partial charge in [-0.2, -0.15) is 0 Å². The van der Waals surface area contributed by atoms with E-state index in [-0.39, 0.29) is 6.54 Å². The number of nitrogens with zero attached hydrogens (tertiary/aromatic N) is 2. The van der Waals surface area contributed by atoms with Gasteiger partial charge in [-0.25, -0.2) is 4.98 Å². The molecule has 0 bridgehead atoms. The molecule has 5 heteroatoms. The van der Waals surface area contributed by atoms with Gasteiger partial charge in [0.15, 0.2) is 0 Å². The number of carboxylic acids is 1. The molecule has 0 radical (unpaired) electrons. The third-order valence-corrected chi connectivity index (χ3v) is 1.42. The van der Waals surface area contributed by atoms with Crippen molar-refractivity contribution in [3.05, 3.63) is 35.0 Å². The molecule has 1 N–H and O–H groups in total. The lowest BCUT2D eigenvalue weighted by Crippen LogP contribution is -2.23. The van der Waals surface area contributed by atoms with Gasteiger partial charge in [-0.3, -0.25) is 14.2 Å². The summed E-state index contributed by atoms with van der Waals surface area (Å²) in [6, 6.07) is 1.23. The first-order chi connectivity index (χ1) is 6.13. The van der Waals surface area contributed by atoms with Gasteiger partial charge in [-0.15, -0.1) is 0 Å². The van der Waals surface area contributed by atoms with Gasteiger partial charge < -0.3 is 5.11 Å². The molecule has 0 fully saturated rings. The fourth-order valence-corrected chi connectivity index (χ4v) is 0.816. The van der Waals surface area contributed by atoms with Gasteiger partial charge in [0, 0.05) is 6.07 Å². The zero-order chi connectivity index (χ0) is 9.84. The monoisotopic (exact) mass is 180 g/mol. The number of carboxylic acid groups (broad SMARTS) is 1.